The molecule has 0 saturated carbocycles. The fraction of sp³-hybridized carbons (Fsp3) is 0.333. The molecule has 4 N–H and O–H groups in total. The summed E-state index contributed by atoms with van der Waals surface area (Å²) in [6, 6.07) is 15.4. The first-order valence-corrected chi connectivity index (χ1v) is 12.2. The lowest BCUT2D eigenvalue weighted by Crippen LogP contribution is -2.72. The molecule has 3 unspecified atom stereocenters. The molecule has 1 fully saturated rings. The summed E-state index contributed by atoms with van der Waals surface area (Å²) in [5.74, 6) is -1.14. The molecule has 1 saturated heterocycles. The van der Waals surface area contributed by atoms with E-state index in [1.54, 1.807) is 35.2 Å². The Bertz CT molecular complexity index is 1080. The Labute approximate surface area is 202 Å². The number of carbonyl (C=O) groups excluding carboxylic acids is 4. The van der Waals surface area contributed by atoms with Crippen LogP contribution in [0.1, 0.15) is 29.3 Å². The Morgan fingerprint density at radius 1 is 1.06 bits per heavy atom. The highest BCUT2D eigenvalue weighted by Gasteiger charge is 2.38. The SMILES string of the molecule is CC(=O)NC1NC(SCC(=O)N2CCCc3ccccc32)NC(=O)C1NC(=O)c1ccccc1. The average molecular weight is 482 g/mol. The summed E-state index contributed by atoms with van der Waals surface area (Å²) in [5, 5.41) is 11.2. The third-order valence-electron chi connectivity index (χ3n) is 5.69. The second-order valence-corrected chi connectivity index (χ2v) is 9.23. The van der Waals surface area contributed by atoms with Gasteiger partial charge in [0.2, 0.25) is 17.7 Å². The highest BCUT2D eigenvalue weighted by Crippen LogP contribution is 2.27. The van der Waals surface area contributed by atoms with Crippen molar-refractivity contribution in [1.82, 2.24) is 21.3 Å². The van der Waals surface area contributed by atoms with E-state index in [0.717, 1.165) is 24.1 Å². The molecule has 2 aliphatic heterocycles. The van der Waals surface area contributed by atoms with Crippen molar-refractivity contribution in [1.29, 1.82) is 0 Å². The minimum atomic E-state index is -1.02. The van der Waals surface area contributed by atoms with Crippen LogP contribution in [0.2, 0.25) is 0 Å². The molecule has 3 atom stereocenters. The summed E-state index contributed by atoms with van der Waals surface area (Å²) in [6.07, 6.45) is 1.02. The Balaban J connectivity index is 1.39. The molecule has 0 radical (unpaired) electrons. The van der Waals surface area contributed by atoms with Gasteiger partial charge in [-0.3, -0.25) is 24.5 Å². The first kappa shape index (κ1) is 23.8. The quantitative estimate of drug-likeness (QED) is 0.488. The lowest BCUT2D eigenvalue weighted by atomic mass is 10.0. The zero-order valence-corrected chi connectivity index (χ0v) is 19.6. The van der Waals surface area contributed by atoms with Crippen LogP contribution in [-0.2, 0) is 20.8 Å². The van der Waals surface area contributed by atoms with Crippen molar-refractivity contribution in [2.75, 3.05) is 17.2 Å². The summed E-state index contributed by atoms with van der Waals surface area (Å²) in [4.78, 5) is 51.9. The number of amides is 4. The number of benzene rings is 2. The first-order valence-electron chi connectivity index (χ1n) is 11.1. The van der Waals surface area contributed by atoms with Crippen LogP contribution in [0.15, 0.2) is 54.6 Å². The fourth-order valence-corrected chi connectivity index (χ4v) is 5.00. The summed E-state index contributed by atoms with van der Waals surface area (Å²) in [5.41, 5.74) is 1.87. The maximum Gasteiger partial charge on any atom is 0.252 e. The minimum absolute atomic E-state index is 0.0521. The first-order chi connectivity index (χ1) is 16.4. The topological polar surface area (TPSA) is 120 Å². The van der Waals surface area contributed by atoms with E-state index in [9.17, 15) is 19.2 Å². The zero-order chi connectivity index (χ0) is 24.1. The number of nitrogens with one attached hydrogen (secondary N) is 4. The third kappa shape index (κ3) is 5.57. The number of rotatable bonds is 6. The molecule has 0 aromatic heterocycles. The Kier molecular flexibility index (Phi) is 7.49. The molecule has 34 heavy (non-hydrogen) atoms. The lowest BCUT2D eigenvalue weighted by Gasteiger charge is -2.37. The maximum absolute atomic E-state index is 12.9. The number of hydrogen-bond donors (Lipinski definition) is 4. The average Bonchev–Trinajstić information content (AvgIpc) is 2.84. The molecule has 2 aromatic rings. The van der Waals surface area contributed by atoms with Crippen LogP contribution >= 0.6 is 11.8 Å². The van der Waals surface area contributed by atoms with Gasteiger partial charge in [0.05, 0.1) is 5.75 Å². The lowest BCUT2D eigenvalue weighted by molar-refractivity contribution is -0.127. The van der Waals surface area contributed by atoms with E-state index in [4.69, 9.17) is 0 Å². The highest BCUT2D eigenvalue weighted by atomic mass is 32.2. The van der Waals surface area contributed by atoms with Crippen LogP contribution in [0.3, 0.4) is 0 Å². The van der Waals surface area contributed by atoms with Crippen LogP contribution < -0.4 is 26.2 Å². The fourth-order valence-electron chi connectivity index (χ4n) is 4.09. The number of anilines is 1. The third-order valence-corrected chi connectivity index (χ3v) is 6.69. The zero-order valence-electron chi connectivity index (χ0n) is 18.7. The number of aryl methyl sites for hydroxylation is 1. The van der Waals surface area contributed by atoms with Crippen molar-refractivity contribution in [3.8, 4) is 0 Å². The summed E-state index contributed by atoms with van der Waals surface area (Å²) >= 11 is 1.23. The van der Waals surface area contributed by atoms with Gasteiger partial charge >= 0.3 is 0 Å². The van der Waals surface area contributed by atoms with Gasteiger partial charge in [-0.05, 0) is 36.6 Å². The molecule has 0 bridgehead atoms. The minimum Gasteiger partial charge on any atom is -0.338 e. The molecule has 2 aliphatic rings. The van der Waals surface area contributed by atoms with Crippen molar-refractivity contribution in [3.05, 3.63) is 65.7 Å². The van der Waals surface area contributed by atoms with E-state index in [1.165, 1.54) is 18.7 Å². The second kappa shape index (κ2) is 10.7. The van der Waals surface area contributed by atoms with Gasteiger partial charge in [0.25, 0.3) is 5.91 Å². The Morgan fingerprint density at radius 2 is 1.79 bits per heavy atom. The molecular weight excluding hydrogens is 454 g/mol. The van der Waals surface area contributed by atoms with Gasteiger partial charge in [-0.25, -0.2) is 0 Å². The maximum atomic E-state index is 12.9. The molecule has 2 heterocycles. The van der Waals surface area contributed by atoms with E-state index in [1.807, 2.05) is 24.3 Å². The molecule has 2 aromatic carbocycles. The molecule has 0 spiro atoms. The van der Waals surface area contributed by atoms with E-state index in [-0.39, 0.29) is 17.6 Å². The molecule has 178 valence electrons. The van der Waals surface area contributed by atoms with Crippen molar-refractivity contribution < 1.29 is 19.2 Å². The molecule has 4 rings (SSSR count). The van der Waals surface area contributed by atoms with Crippen LogP contribution in [0.4, 0.5) is 5.69 Å². The Morgan fingerprint density at radius 3 is 2.56 bits per heavy atom. The largest absolute Gasteiger partial charge is 0.338 e. The van der Waals surface area contributed by atoms with Gasteiger partial charge in [-0.2, -0.15) is 0 Å². The van der Waals surface area contributed by atoms with Crippen LogP contribution in [0.25, 0.3) is 0 Å². The van der Waals surface area contributed by atoms with Crippen LogP contribution in [-0.4, -0.2) is 53.6 Å². The van der Waals surface area contributed by atoms with Crippen LogP contribution in [0.5, 0.6) is 0 Å². The van der Waals surface area contributed by atoms with Crippen molar-refractivity contribution in [2.24, 2.45) is 0 Å². The van der Waals surface area contributed by atoms with Gasteiger partial charge < -0.3 is 20.9 Å². The highest BCUT2D eigenvalue weighted by molar-refractivity contribution is 8.00. The standard InChI is InChI=1S/C24H27N5O4S/c1-15(30)25-21-20(26-22(32)17-9-3-2-4-10-17)23(33)28-24(27-21)34-14-19(31)29-13-7-11-16-8-5-6-12-18(16)29/h2-6,8-10,12,20-21,24,27H,7,11,13-14H2,1H3,(H,25,30)(H,26,32)(H,28,33). The number of hydrogen-bond acceptors (Lipinski definition) is 6. The summed E-state index contributed by atoms with van der Waals surface area (Å²) in [6.45, 7) is 1.99. The smallest absolute Gasteiger partial charge is 0.252 e. The number of fused-ring (bicyclic) bond motifs is 1. The molecule has 10 heteroatoms. The van der Waals surface area contributed by atoms with E-state index in [2.05, 4.69) is 21.3 Å². The predicted octanol–water partition coefficient (Wildman–Crippen LogP) is 0.963. The van der Waals surface area contributed by atoms with Crippen LogP contribution in [0, 0.1) is 0 Å². The van der Waals surface area contributed by atoms with Gasteiger partial charge in [0, 0.05) is 24.7 Å². The van der Waals surface area contributed by atoms with E-state index < -0.39 is 29.5 Å². The molecular formula is C24H27N5O4S. The number of para-hydroxylation sites is 1. The summed E-state index contributed by atoms with van der Waals surface area (Å²) in [7, 11) is 0. The van der Waals surface area contributed by atoms with Crippen molar-refractivity contribution in [2.45, 2.75) is 37.5 Å². The number of thioether (sulfide) groups is 1. The summed E-state index contributed by atoms with van der Waals surface area (Å²) < 4.78 is 0. The molecule has 0 aliphatic carbocycles. The predicted molar refractivity (Wildman–Crippen MR) is 130 cm³/mol. The monoisotopic (exact) mass is 481 g/mol. The van der Waals surface area contributed by atoms with E-state index >= 15 is 0 Å². The number of carbonyl (C=O) groups is 4. The van der Waals surface area contributed by atoms with Gasteiger partial charge in [0.15, 0.2) is 0 Å². The molecule has 9 nitrogen and oxygen atoms in total. The van der Waals surface area contributed by atoms with Gasteiger partial charge in [0.1, 0.15) is 17.7 Å². The molecule has 4 amide bonds. The van der Waals surface area contributed by atoms with Gasteiger partial charge in [-0.1, -0.05) is 36.4 Å². The van der Waals surface area contributed by atoms with Crippen molar-refractivity contribution >= 4 is 41.1 Å². The van der Waals surface area contributed by atoms with E-state index in [0.29, 0.717) is 12.1 Å². The van der Waals surface area contributed by atoms with Gasteiger partial charge in [-0.15, -0.1) is 11.8 Å². The van der Waals surface area contributed by atoms with Crippen molar-refractivity contribution in [3.63, 3.8) is 0 Å². The normalized spacial score (nSPS) is 21.7. The Hall–Kier alpha value is -3.37. The number of nitrogens with zero attached hydrogens (tertiary/aromatic N) is 1. The second-order valence-electron chi connectivity index (χ2n) is 8.14.